The maximum Gasteiger partial charge on any atom is 0.226 e. The molecule has 1 fully saturated rings. The summed E-state index contributed by atoms with van der Waals surface area (Å²) in [7, 11) is 0. The fraction of sp³-hybridized carbons (Fsp3) is 0.273. The van der Waals surface area contributed by atoms with Crippen molar-refractivity contribution in [3.63, 3.8) is 0 Å². The van der Waals surface area contributed by atoms with Gasteiger partial charge < -0.3 is 10.6 Å². The Hall–Kier alpha value is -2.95. The lowest BCUT2D eigenvalue weighted by atomic mass is 9.91. The summed E-state index contributed by atoms with van der Waals surface area (Å²) >= 11 is 0. The lowest BCUT2D eigenvalue weighted by Gasteiger charge is -2.32. The SMILES string of the molecule is Nc1cc2ccccc2nc1C1CCN(C(=O)Cc2cccc(F)c2)CC1. The van der Waals surface area contributed by atoms with Crippen molar-refractivity contribution < 1.29 is 9.18 Å². The van der Waals surface area contributed by atoms with Gasteiger partial charge in [-0.25, -0.2) is 4.39 Å². The topological polar surface area (TPSA) is 59.2 Å². The molecule has 1 aliphatic heterocycles. The molecule has 1 amide bonds. The van der Waals surface area contributed by atoms with E-state index >= 15 is 0 Å². The lowest BCUT2D eigenvalue weighted by Crippen LogP contribution is -2.39. The van der Waals surface area contributed by atoms with Crippen LogP contribution in [0.1, 0.15) is 30.0 Å². The summed E-state index contributed by atoms with van der Waals surface area (Å²) < 4.78 is 13.3. The number of benzene rings is 2. The summed E-state index contributed by atoms with van der Waals surface area (Å²) in [5.41, 5.74) is 9.57. The molecule has 1 saturated heterocycles. The molecule has 4 rings (SSSR count). The number of nitrogens with two attached hydrogens (primary N) is 1. The summed E-state index contributed by atoms with van der Waals surface area (Å²) in [6.45, 7) is 1.35. The number of nitrogens with zero attached hydrogens (tertiary/aromatic N) is 2. The van der Waals surface area contributed by atoms with Crippen LogP contribution in [-0.4, -0.2) is 28.9 Å². The summed E-state index contributed by atoms with van der Waals surface area (Å²) in [5, 5.41) is 1.04. The normalized spacial score (nSPS) is 15.2. The van der Waals surface area contributed by atoms with Crippen LogP contribution in [0.4, 0.5) is 10.1 Å². The number of rotatable bonds is 3. The van der Waals surface area contributed by atoms with Crippen LogP contribution in [0.25, 0.3) is 10.9 Å². The Bertz CT molecular complexity index is 980. The van der Waals surface area contributed by atoms with Crippen LogP contribution in [-0.2, 0) is 11.2 Å². The van der Waals surface area contributed by atoms with Crippen LogP contribution in [0, 0.1) is 5.82 Å². The van der Waals surface area contributed by atoms with Gasteiger partial charge in [-0.1, -0.05) is 30.3 Å². The second-order valence-corrected chi connectivity index (χ2v) is 7.12. The third-order valence-corrected chi connectivity index (χ3v) is 5.26. The van der Waals surface area contributed by atoms with Gasteiger partial charge >= 0.3 is 0 Å². The van der Waals surface area contributed by atoms with Gasteiger partial charge in [0, 0.05) is 24.4 Å². The van der Waals surface area contributed by atoms with Gasteiger partial charge in [-0.05, 0) is 42.7 Å². The molecule has 3 aromatic rings. The van der Waals surface area contributed by atoms with Crippen molar-refractivity contribution in [1.82, 2.24) is 9.88 Å². The van der Waals surface area contributed by atoms with E-state index in [1.807, 2.05) is 35.2 Å². The molecule has 5 heteroatoms. The first-order valence-electron chi connectivity index (χ1n) is 9.27. The zero-order chi connectivity index (χ0) is 18.8. The van der Waals surface area contributed by atoms with Crippen molar-refractivity contribution in [3.05, 3.63) is 71.7 Å². The number of anilines is 1. The Morgan fingerprint density at radius 1 is 1.11 bits per heavy atom. The molecular weight excluding hydrogens is 341 g/mol. The highest BCUT2D eigenvalue weighted by molar-refractivity contribution is 5.82. The van der Waals surface area contributed by atoms with Crippen LogP contribution in [0.5, 0.6) is 0 Å². The fourth-order valence-electron chi connectivity index (χ4n) is 3.81. The smallest absolute Gasteiger partial charge is 0.226 e. The predicted molar refractivity (Wildman–Crippen MR) is 105 cm³/mol. The number of likely N-dealkylation sites (tertiary alicyclic amines) is 1. The number of hydrogen-bond donors (Lipinski definition) is 1. The minimum atomic E-state index is -0.308. The zero-order valence-corrected chi connectivity index (χ0v) is 15.1. The molecule has 1 aromatic heterocycles. The molecule has 0 radical (unpaired) electrons. The molecular formula is C22H22FN3O. The Kier molecular flexibility index (Phi) is 4.75. The molecule has 0 atom stereocenters. The standard InChI is InChI=1S/C22H22FN3O/c23-18-6-3-4-15(12-18)13-21(27)26-10-8-16(9-11-26)22-19(24)14-17-5-1-2-7-20(17)25-22/h1-7,12,14,16H,8-11,13,24H2. The Labute approximate surface area is 157 Å². The lowest BCUT2D eigenvalue weighted by molar-refractivity contribution is -0.131. The highest BCUT2D eigenvalue weighted by Gasteiger charge is 2.26. The van der Waals surface area contributed by atoms with Crippen molar-refractivity contribution in [2.75, 3.05) is 18.8 Å². The molecule has 0 saturated carbocycles. The van der Waals surface area contributed by atoms with E-state index in [-0.39, 0.29) is 24.1 Å². The Morgan fingerprint density at radius 2 is 1.89 bits per heavy atom. The maximum absolute atomic E-state index is 13.3. The number of carbonyl (C=O) groups excluding carboxylic acids is 1. The fourth-order valence-corrected chi connectivity index (χ4v) is 3.81. The van der Waals surface area contributed by atoms with E-state index in [9.17, 15) is 9.18 Å². The van der Waals surface area contributed by atoms with Gasteiger partial charge in [-0.15, -0.1) is 0 Å². The monoisotopic (exact) mass is 363 g/mol. The van der Waals surface area contributed by atoms with Gasteiger partial charge in [0.2, 0.25) is 5.91 Å². The third-order valence-electron chi connectivity index (χ3n) is 5.26. The van der Waals surface area contributed by atoms with E-state index in [2.05, 4.69) is 0 Å². The summed E-state index contributed by atoms with van der Waals surface area (Å²) in [4.78, 5) is 19.2. The van der Waals surface area contributed by atoms with Crippen molar-refractivity contribution in [3.8, 4) is 0 Å². The molecule has 1 aliphatic rings. The molecule has 2 aromatic carbocycles. The molecule has 0 unspecified atom stereocenters. The van der Waals surface area contributed by atoms with Crippen LogP contribution in [0.15, 0.2) is 54.6 Å². The van der Waals surface area contributed by atoms with E-state index < -0.39 is 0 Å². The van der Waals surface area contributed by atoms with Crippen molar-refractivity contribution in [1.29, 1.82) is 0 Å². The van der Waals surface area contributed by atoms with E-state index in [4.69, 9.17) is 10.7 Å². The van der Waals surface area contributed by atoms with Crippen molar-refractivity contribution >= 4 is 22.5 Å². The molecule has 2 heterocycles. The minimum Gasteiger partial charge on any atom is -0.397 e. The molecule has 0 aliphatic carbocycles. The van der Waals surface area contributed by atoms with Crippen LogP contribution in [0.2, 0.25) is 0 Å². The highest BCUT2D eigenvalue weighted by Crippen LogP contribution is 2.32. The van der Waals surface area contributed by atoms with Gasteiger partial charge in [-0.2, -0.15) is 0 Å². The largest absolute Gasteiger partial charge is 0.397 e. The molecule has 138 valence electrons. The summed E-state index contributed by atoms with van der Waals surface area (Å²) in [5.74, 6) is -0.0109. The Morgan fingerprint density at radius 3 is 2.67 bits per heavy atom. The van der Waals surface area contributed by atoms with E-state index in [1.54, 1.807) is 12.1 Å². The number of halogens is 1. The average molecular weight is 363 g/mol. The molecule has 2 N–H and O–H groups in total. The first kappa shape index (κ1) is 17.5. The number of piperidine rings is 1. The number of hydrogen-bond acceptors (Lipinski definition) is 3. The first-order chi connectivity index (χ1) is 13.1. The van der Waals surface area contributed by atoms with E-state index in [1.165, 1.54) is 12.1 Å². The number of carbonyl (C=O) groups is 1. The van der Waals surface area contributed by atoms with Gasteiger partial charge in [0.05, 0.1) is 23.3 Å². The van der Waals surface area contributed by atoms with Crippen LogP contribution >= 0.6 is 0 Å². The second-order valence-electron chi connectivity index (χ2n) is 7.12. The summed E-state index contributed by atoms with van der Waals surface area (Å²) in [6, 6.07) is 16.2. The molecule has 0 spiro atoms. The molecule has 0 bridgehead atoms. The van der Waals surface area contributed by atoms with Gasteiger partial charge in [0.1, 0.15) is 5.82 Å². The van der Waals surface area contributed by atoms with Crippen molar-refractivity contribution in [2.24, 2.45) is 0 Å². The molecule has 27 heavy (non-hydrogen) atoms. The average Bonchev–Trinajstić information content (AvgIpc) is 2.67. The highest BCUT2D eigenvalue weighted by atomic mass is 19.1. The predicted octanol–water partition coefficient (Wildman–Crippen LogP) is 3.90. The zero-order valence-electron chi connectivity index (χ0n) is 15.1. The van der Waals surface area contributed by atoms with Crippen LogP contribution < -0.4 is 5.73 Å². The van der Waals surface area contributed by atoms with E-state index in [0.717, 1.165) is 35.1 Å². The van der Waals surface area contributed by atoms with Gasteiger partial charge in [-0.3, -0.25) is 9.78 Å². The molecule has 4 nitrogen and oxygen atoms in total. The number of aromatic nitrogens is 1. The Balaban J connectivity index is 1.43. The summed E-state index contributed by atoms with van der Waals surface area (Å²) in [6.07, 6.45) is 1.91. The van der Waals surface area contributed by atoms with E-state index in [0.29, 0.717) is 18.7 Å². The second kappa shape index (κ2) is 7.35. The number of amides is 1. The van der Waals surface area contributed by atoms with Crippen molar-refractivity contribution in [2.45, 2.75) is 25.2 Å². The number of fused-ring (bicyclic) bond motifs is 1. The van der Waals surface area contributed by atoms with Gasteiger partial charge in [0.15, 0.2) is 0 Å². The number of pyridine rings is 1. The minimum absolute atomic E-state index is 0.0403. The maximum atomic E-state index is 13.3. The third kappa shape index (κ3) is 3.77. The van der Waals surface area contributed by atoms with Gasteiger partial charge in [0.25, 0.3) is 0 Å². The van der Waals surface area contributed by atoms with Crippen LogP contribution in [0.3, 0.4) is 0 Å². The number of para-hydroxylation sites is 1. The first-order valence-corrected chi connectivity index (χ1v) is 9.27. The quantitative estimate of drug-likeness (QED) is 0.768. The number of nitrogen functional groups attached to an aromatic ring is 1.